The zero-order valence-electron chi connectivity index (χ0n) is 10.8. The quantitative estimate of drug-likeness (QED) is 0.641. The van der Waals surface area contributed by atoms with Crippen LogP contribution < -0.4 is 16.0 Å². The van der Waals surface area contributed by atoms with Crippen molar-refractivity contribution in [1.29, 1.82) is 0 Å². The lowest BCUT2D eigenvalue weighted by atomic mass is 9.99. The van der Waals surface area contributed by atoms with Gasteiger partial charge in [0.05, 0.1) is 13.2 Å². The molecule has 2 aromatic rings. The van der Waals surface area contributed by atoms with Crippen molar-refractivity contribution in [1.82, 2.24) is 5.43 Å². The van der Waals surface area contributed by atoms with E-state index in [9.17, 15) is 4.39 Å². The molecule has 0 spiro atoms. The smallest absolute Gasteiger partial charge is 0.126 e. The summed E-state index contributed by atoms with van der Waals surface area (Å²) >= 11 is 0. The Morgan fingerprint density at radius 2 is 1.84 bits per heavy atom. The highest BCUT2D eigenvalue weighted by molar-refractivity contribution is 5.30. The van der Waals surface area contributed by atoms with Gasteiger partial charge < -0.3 is 4.74 Å². The van der Waals surface area contributed by atoms with Gasteiger partial charge in [0.15, 0.2) is 0 Å². The van der Waals surface area contributed by atoms with Crippen molar-refractivity contribution >= 4 is 0 Å². The number of nitrogens with one attached hydrogen (secondary N) is 1. The van der Waals surface area contributed by atoms with Crippen LogP contribution in [-0.2, 0) is 6.42 Å². The van der Waals surface area contributed by atoms with Crippen molar-refractivity contribution < 1.29 is 9.13 Å². The monoisotopic (exact) mass is 260 g/mol. The molecule has 0 heterocycles. The number of hydrogen-bond donors (Lipinski definition) is 2. The molecule has 1 unspecified atom stereocenters. The van der Waals surface area contributed by atoms with Crippen molar-refractivity contribution in [3.05, 3.63) is 65.5 Å². The first-order valence-corrected chi connectivity index (χ1v) is 6.08. The molecule has 0 saturated carbocycles. The van der Waals surface area contributed by atoms with E-state index in [4.69, 9.17) is 10.6 Å². The first kappa shape index (κ1) is 13.5. The standard InChI is InChI=1S/C15H17FN2O/c1-19-13-8-6-11(7-9-13)15(18-17)10-12-4-2-3-5-14(12)16/h2-9,15,18H,10,17H2,1H3. The summed E-state index contributed by atoms with van der Waals surface area (Å²) in [6.07, 6.45) is 0.496. The summed E-state index contributed by atoms with van der Waals surface area (Å²) in [5, 5.41) is 0. The maximum atomic E-state index is 13.6. The average molecular weight is 260 g/mol. The van der Waals surface area contributed by atoms with Crippen LogP contribution in [0.25, 0.3) is 0 Å². The highest BCUT2D eigenvalue weighted by Gasteiger charge is 2.12. The number of methoxy groups -OCH3 is 1. The Kier molecular flexibility index (Phi) is 4.49. The number of benzene rings is 2. The molecular formula is C15H17FN2O. The molecule has 2 aromatic carbocycles. The van der Waals surface area contributed by atoms with Gasteiger partial charge in [-0.2, -0.15) is 0 Å². The highest BCUT2D eigenvalue weighted by atomic mass is 19.1. The number of hydrazine groups is 1. The molecule has 3 N–H and O–H groups in total. The van der Waals surface area contributed by atoms with Gasteiger partial charge in [0, 0.05) is 0 Å². The van der Waals surface area contributed by atoms with Crippen LogP contribution in [0, 0.1) is 5.82 Å². The minimum atomic E-state index is -0.212. The van der Waals surface area contributed by atoms with Gasteiger partial charge in [0.25, 0.3) is 0 Å². The Hall–Kier alpha value is -1.91. The van der Waals surface area contributed by atoms with E-state index in [1.165, 1.54) is 6.07 Å². The second-order valence-corrected chi connectivity index (χ2v) is 4.29. The van der Waals surface area contributed by atoms with Crippen LogP contribution in [0.15, 0.2) is 48.5 Å². The number of nitrogens with two attached hydrogens (primary N) is 1. The lowest BCUT2D eigenvalue weighted by Crippen LogP contribution is -2.29. The molecule has 0 bridgehead atoms. The summed E-state index contributed by atoms with van der Waals surface area (Å²) in [6.45, 7) is 0. The fourth-order valence-corrected chi connectivity index (χ4v) is 1.99. The van der Waals surface area contributed by atoms with E-state index in [1.54, 1.807) is 19.2 Å². The van der Waals surface area contributed by atoms with Crippen LogP contribution in [0.4, 0.5) is 4.39 Å². The molecule has 0 saturated heterocycles. The lowest BCUT2D eigenvalue weighted by Gasteiger charge is -2.17. The summed E-state index contributed by atoms with van der Waals surface area (Å²) in [6, 6.07) is 14.1. The molecule has 0 aliphatic rings. The van der Waals surface area contributed by atoms with Crippen molar-refractivity contribution in [2.45, 2.75) is 12.5 Å². The van der Waals surface area contributed by atoms with E-state index in [1.807, 2.05) is 30.3 Å². The first-order chi connectivity index (χ1) is 9.24. The van der Waals surface area contributed by atoms with Gasteiger partial charge in [-0.15, -0.1) is 0 Å². The van der Waals surface area contributed by atoms with Crippen LogP contribution in [0.1, 0.15) is 17.2 Å². The number of rotatable bonds is 5. The molecule has 2 rings (SSSR count). The summed E-state index contributed by atoms with van der Waals surface area (Å²) < 4.78 is 18.7. The summed E-state index contributed by atoms with van der Waals surface area (Å²) in [5.41, 5.74) is 4.36. The molecule has 0 radical (unpaired) electrons. The normalized spacial score (nSPS) is 12.2. The largest absolute Gasteiger partial charge is 0.497 e. The molecule has 0 fully saturated rings. The molecule has 0 aliphatic carbocycles. The van der Waals surface area contributed by atoms with Crippen LogP contribution in [-0.4, -0.2) is 7.11 Å². The minimum Gasteiger partial charge on any atom is -0.497 e. The van der Waals surface area contributed by atoms with Crippen LogP contribution in [0.2, 0.25) is 0 Å². The van der Waals surface area contributed by atoms with E-state index in [-0.39, 0.29) is 11.9 Å². The average Bonchev–Trinajstić information content (AvgIpc) is 2.47. The van der Waals surface area contributed by atoms with E-state index in [0.717, 1.165) is 11.3 Å². The van der Waals surface area contributed by atoms with Gasteiger partial charge in [0.2, 0.25) is 0 Å². The zero-order valence-corrected chi connectivity index (χ0v) is 10.8. The summed E-state index contributed by atoms with van der Waals surface area (Å²) in [7, 11) is 1.62. The maximum absolute atomic E-state index is 13.6. The molecule has 1 atom stereocenters. The second kappa shape index (κ2) is 6.31. The summed E-state index contributed by atoms with van der Waals surface area (Å²) in [5.74, 6) is 6.14. The fraction of sp³-hybridized carbons (Fsp3) is 0.200. The molecule has 0 aliphatic heterocycles. The van der Waals surface area contributed by atoms with E-state index in [0.29, 0.717) is 12.0 Å². The predicted octanol–water partition coefficient (Wildman–Crippen LogP) is 2.58. The fourth-order valence-electron chi connectivity index (χ4n) is 1.99. The van der Waals surface area contributed by atoms with Crippen molar-refractivity contribution in [2.24, 2.45) is 5.84 Å². The molecule has 0 aromatic heterocycles. The van der Waals surface area contributed by atoms with Crippen molar-refractivity contribution in [3.8, 4) is 5.75 Å². The first-order valence-electron chi connectivity index (χ1n) is 6.08. The van der Waals surface area contributed by atoms with E-state index >= 15 is 0 Å². The number of hydrogen-bond acceptors (Lipinski definition) is 3. The van der Waals surface area contributed by atoms with Gasteiger partial charge in [-0.25, -0.2) is 4.39 Å². The Balaban J connectivity index is 2.17. The molecule has 100 valence electrons. The van der Waals surface area contributed by atoms with Crippen LogP contribution in [0.5, 0.6) is 5.75 Å². The molecule has 3 nitrogen and oxygen atoms in total. The molecular weight excluding hydrogens is 243 g/mol. The van der Waals surface area contributed by atoms with Gasteiger partial charge in [-0.1, -0.05) is 30.3 Å². The topological polar surface area (TPSA) is 47.3 Å². The number of ether oxygens (including phenoxy) is 1. The van der Waals surface area contributed by atoms with E-state index in [2.05, 4.69) is 5.43 Å². The Morgan fingerprint density at radius 3 is 2.42 bits per heavy atom. The Labute approximate surface area is 112 Å². The van der Waals surface area contributed by atoms with Crippen LogP contribution >= 0.6 is 0 Å². The Morgan fingerprint density at radius 1 is 1.16 bits per heavy atom. The third-order valence-corrected chi connectivity index (χ3v) is 3.10. The Bertz CT molecular complexity index is 528. The molecule has 4 heteroatoms. The third-order valence-electron chi connectivity index (χ3n) is 3.10. The number of halogens is 1. The maximum Gasteiger partial charge on any atom is 0.126 e. The van der Waals surface area contributed by atoms with E-state index < -0.39 is 0 Å². The molecule has 19 heavy (non-hydrogen) atoms. The molecule has 0 amide bonds. The zero-order chi connectivity index (χ0) is 13.7. The van der Waals surface area contributed by atoms with Crippen molar-refractivity contribution in [3.63, 3.8) is 0 Å². The van der Waals surface area contributed by atoms with Gasteiger partial charge in [-0.3, -0.25) is 11.3 Å². The summed E-state index contributed by atoms with van der Waals surface area (Å²) in [4.78, 5) is 0. The highest BCUT2D eigenvalue weighted by Crippen LogP contribution is 2.21. The van der Waals surface area contributed by atoms with Gasteiger partial charge >= 0.3 is 0 Å². The third kappa shape index (κ3) is 3.30. The second-order valence-electron chi connectivity index (χ2n) is 4.29. The predicted molar refractivity (Wildman–Crippen MR) is 73.2 cm³/mol. The van der Waals surface area contributed by atoms with Gasteiger partial charge in [-0.05, 0) is 35.7 Å². The SMILES string of the molecule is COc1ccc(C(Cc2ccccc2F)NN)cc1. The lowest BCUT2D eigenvalue weighted by molar-refractivity contribution is 0.414. The minimum absolute atomic E-state index is 0.136. The van der Waals surface area contributed by atoms with Crippen molar-refractivity contribution in [2.75, 3.05) is 7.11 Å². The van der Waals surface area contributed by atoms with Crippen LogP contribution in [0.3, 0.4) is 0 Å². The van der Waals surface area contributed by atoms with Gasteiger partial charge in [0.1, 0.15) is 11.6 Å².